The number of carbonyl (C=O) groups is 2. The minimum Gasteiger partial charge on any atom is -0.493 e. The highest BCUT2D eigenvalue weighted by molar-refractivity contribution is 5.81. The lowest BCUT2D eigenvalue weighted by atomic mass is 10.0. The van der Waals surface area contributed by atoms with E-state index in [1.165, 1.54) is 0 Å². The monoisotopic (exact) mass is 456 g/mol. The van der Waals surface area contributed by atoms with Crippen LogP contribution in [0.1, 0.15) is 38.3 Å². The SMILES string of the molecule is COc1ccc(C[C@H](NC[C@H](CC(C)C)NC(=O)OCc2ccccc2)C(C)=O)cc1OC. The van der Waals surface area contributed by atoms with E-state index in [1.54, 1.807) is 21.1 Å². The molecule has 7 heteroatoms. The van der Waals surface area contributed by atoms with Crippen molar-refractivity contribution in [1.82, 2.24) is 10.6 Å². The first kappa shape index (κ1) is 26.2. The van der Waals surface area contributed by atoms with Crippen molar-refractivity contribution in [3.63, 3.8) is 0 Å². The molecule has 0 radical (unpaired) electrons. The number of ether oxygens (including phenoxy) is 3. The summed E-state index contributed by atoms with van der Waals surface area (Å²) >= 11 is 0. The Bertz CT molecular complexity index is 886. The van der Waals surface area contributed by atoms with Crippen molar-refractivity contribution in [2.45, 2.75) is 52.3 Å². The average molecular weight is 457 g/mol. The molecule has 0 spiro atoms. The van der Waals surface area contributed by atoms with Gasteiger partial charge in [-0.1, -0.05) is 50.2 Å². The molecule has 0 fully saturated rings. The third-order valence-corrected chi connectivity index (χ3v) is 5.28. The normalized spacial score (nSPS) is 12.7. The summed E-state index contributed by atoms with van der Waals surface area (Å²) in [5.74, 6) is 1.66. The lowest BCUT2D eigenvalue weighted by Gasteiger charge is -2.24. The number of Topliss-reactive ketones (excluding diaryl/α,β-unsaturated/α-hetero) is 1. The van der Waals surface area contributed by atoms with E-state index in [1.807, 2.05) is 48.5 Å². The van der Waals surface area contributed by atoms with Crippen LogP contribution in [-0.2, 0) is 22.6 Å². The highest BCUT2D eigenvalue weighted by Crippen LogP contribution is 2.28. The van der Waals surface area contributed by atoms with Crippen molar-refractivity contribution in [2.75, 3.05) is 20.8 Å². The molecule has 0 aliphatic rings. The summed E-state index contributed by atoms with van der Waals surface area (Å²) in [6.45, 7) is 6.42. The van der Waals surface area contributed by atoms with E-state index in [0.29, 0.717) is 30.4 Å². The zero-order chi connectivity index (χ0) is 24.2. The van der Waals surface area contributed by atoms with Gasteiger partial charge in [0.2, 0.25) is 0 Å². The van der Waals surface area contributed by atoms with Gasteiger partial charge in [0.1, 0.15) is 12.4 Å². The number of nitrogens with one attached hydrogen (secondary N) is 2. The third kappa shape index (κ3) is 9.14. The van der Waals surface area contributed by atoms with E-state index in [-0.39, 0.29) is 24.5 Å². The average Bonchev–Trinajstić information content (AvgIpc) is 2.80. The zero-order valence-corrected chi connectivity index (χ0v) is 20.2. The van der Waals surface area contributed by atoms with E-state index in [0.717, 1.165) is 17.5 Å². The fourth-order valence-corrected chi connectivity index (χ4v) is 3.58. The van der Waals surface area contributed by atoms with Crippen LogP contribution in [0.5, 0.6) is 11.5 Å². The van der Waals surface area contributed by atoms with E-state index in [9.17, 15) is 9.59 Å². The second-order valence-electron chi connectivity index (χ2n) is 8.50. The molecule has 180 valence electrons. The van der Waals surface area contributed by atoms with Crippen LogP contribution in [0.15, 0.2) is 48.5 Å². The molecule has 2 rings (SSSR count). The van der Waals surface area contributed by atoms with Gasteiger partial charge in [-0.3, -0.25) is 4.79 Å². The maximum absolute atomic E-state index is 12.4. The lowest BCUT2D eigenvalue weighted by molar-refractivity contribution is -0.119. The number of methoxy groups -OCH3 is 2. The van der Waals surface area contributed by atoms with E-state index >= 15 is 0 Å². The smallest absolute Gasteiger partial charge is 0.407 e. The summed E-state index contributed by atoms with van der Waals surface area (Å²) in [5.41, 5.74) is 1.88. The Hall–Kier alpha value is -3.06. The van der Waals surface area contributed by atoms with Crippen molar-refractivity contribution in [3.8, 4) is 11.5 Å². The van der Waals surface area contributed by atoms with Gasteiger partial charge in [-0.05, 0) is 48.9 Å². The van der Waals surface area contributed by atoms with Crippen LogP contribution in [-0.4, -0.2) is 44.7 Å². The van der Waals surface area contributed by atoms with Crippen LogP contribution in [0.25, 0.3) is 0 Å². The molecular weight excluding hydrogens is 420 g/mol. The molecule has 2 aromatic carbocycles. The maximum atomic E-state index is 12.4. The second kappa shape index (κ2) is 13.5. The molecule has 0 aromatic heterocycles. The summed E-state index contributed by atoms with van der Waals surface area (Å²) in [4.78, 5) is 24.7. The number of alkyl carbamates (subject to hydrolysis) is 1. The highest BCUT2D eigenvalue weighted by Gasteiger charge is 2.20. The minimum atomic E-state index is -0.467. The Morgan fingerprint density at radius 3 is 2.24 bits per heavy atom. The molecule has 33 heavy (non-hydrogen) atoms. The van der Waals surface area contributed by atoms with Crippen molar-refractivity contribution in [3.05, 3.63) is 59.7 Å². The molecule has 2 atom stereocenters. The summed E-state index contributed by atoms with van der Waals surface area (Å²) in [5, 5.41) is 6.27. The molecule has 7 nitrogen and oxygen atoms in total. The van der Waals surface area contributed by atoms with Gasteiger partial charge < -0.3 is 24.8 Å². The molecule has 2 N–H and O–H groups in total. The fraction of sp³-hybridized carbons (Fsp3) is 0.462. The first-order valence-electron chi connectivity index (χ1n) is 11.2. The van der Waals surface area contributed by atoms with E-state index in [2.05, 4.69) is 24.5 Å². The van der Waals surface area contributed by atoms with Crippen molar-refractivity contribution < 1.29 is 23.8 Å². The van der Waals surface area contributed by atoms with Gasteiger partial charge in [0.15, 0.2) is 11.5 Å². The largest absolute Gasteiger partial charge is 0.493 e. The van der Waals surface area contributed by atoms with Gasteiger partial charge in [0.05, 0.1) is 20.3 Å². The van der Waals surface area contributed by atoms with Gasteiger partial charge in [-0.15, -0.1) is 0 Å². The molecule has 0 unspecified atom stereocenters. The predicted molar refractivity (Wildman–Crippen MR) is 129 cm³/mol. The molecule has 2 aromatic rings. The zero-order valence-electron chi connectivity index (χ0n) is 20.2. The predicted octanol–water partition coefficient (Wildman–Crippen LogP) is 4.13. The number of amides is 1. The number of hydrogen-bond donors (Lipinski definition) is 2. The first-order chi connectivity index (χ1) is 15.8. The van der Waals surface area contributed by atoms with Crippen molar-refractivity contribution >= 4 is 11.9 Å². The molecule has 0 aliphatic heterocycles. The van der Waals surface area contributed by atoms with Crippen molar-refractivity contribution in [1.29, 1.82) is 0 Å². The fourth-order valence-electron chi connectivity index (χ4n) is 3.58. The molecule has 0 saturated carbocycles. The molecular formula is C26H36N2O5. The van der Waals surface area contributed by atoms with Crippen LogP contribution in [0.4, 0.5) is 4.79 Å². The van der Waals surface area contributed by atoms with E-state index < -0.39 is 6.09 Å². The van der Waals surface area contributed by atoms with E-state index in [4.69, 9.17) is 14.2 Å². The van der Waals surface area contributed by atoms with Gasteiger partial charge in [0, 0.05) is 12.6 Å². The van der Waals surface area contributed by atoms with Crippen molar-refractivity contribution in [2.24, 2.45) is 5.92 Å². The Morgan fingerprint density at radius 2 is 1.64 bits per heavy atom. The summed E-state index contributed by atoms with van der Waals surface area (Å²) < 4.78 is 16.0. The first-order valence-corrected chi connectivity index (χ1v) is 11.2. The Labute approximate surface area is 196 Å². The molecule has 0 bridgehead atoms. The van der Waals surface area contributed by atoms with Gasteiger partial charge >= 0.3 is 6.09 Å². The number of hydrogen-bond acceptors (Lipinski definition) is 6. The van der Waals surface area contributed by atoms with Crippen LogP contribution in [0.3, 0.4) is 0 Å². The number of rotatable bonds is 13. The second-order valence-corrected chi connectivity index (χ2v) is 8.50. The summed E-state index contributed by atoms with van der Waals surface area (Å²) in [7, 11) is 3.17. The van der Waals surface area contributed by atoms with Gasteiger partial charge in [-0.2, -0.15) is 0 Å². The topological polar surface area (TPSA) is 85.9 Å². The van der Waals surface area contributed by atoms with Crippen LogP contribution in [0.2, 0.25) is 0 Å². The summed E-state index contributed by atoms with van der Waals surface area (Å²) in [6, 6.07) is 14.6. The van der Waals surface area contributed by atoms with Gasteiger partial charge in [-0.25, -0.2) is 4.79 Å². The Morgan fingerprint density at radius 1 is 0.939 bits per heavy atom. The lowest BCUT2D eigenvalue weighted by Crippen LogP contribution is -2.48. The van der Waals surface area contributed by atoms with Crippen LogP contribution < -0.4 is 20.1 Å². The highest BCUT2D eigenvalue weighted by atomic mass is 16.5. The Balaban J connectivity index is 1.96. The maximum Gasteiger partial charge on any atom is 0.407 e. The summed E-state index contributed by atoms with van der Waals surface area (Å²) in [6.07, 6.45) is 0.794. The molecule has 0 heterocycles. The quantitative estimate of drug-likeness (QED) is 0.471. The number of benzene rings is 2. The molecule has 1 amide bonds. The van der Waals surface area contributed by atoms with Gasteiger partial charge in [0.25, 0.3) is 0 Å². The third-order valence-electron chi connectivity index (χ3n) is 5.28. The minimum absolute atomic E-state index is 0.0275. The number of carbonyl (C=O) groups excluding carboxylic acids is 2. The number of ketones is 1. The van der Waals surface area contributed by atoms with Crippen LogP contribution >= 0.6 is 0 Å². The van der Waals surface area contributed by atoms with Crippen LogP contribution in [0, 0.1) is 5.92 Å². The standard InChI is InChI=1S/C26H36N2O5/c1-18(2)13-22(28-26(30)33-17-20-9-7-6-8-10-20)16-27-23(19(3)29)14-21-11-12-24(31-4)25(15-21)32-5/h6-12,15,18,22-23,27H,13-14,16-17H2,1-5H3,(H,28,30)/t22-,23-/m0/s1. The molecule has 0 saturated heterocycles. The Kier molecular flexibility index (Phi) is 10.7. The molecule has 0 aliphatic carbocycles.